The molecule has 0 saturated heterocycles. The predicted molar refractivity (Wildman–Crippen MR) is 115 cm³/mol. The normalized spacial score (nSPS) is 11.7. The Balaban J connectivity index is 1.60. The SMILES string of the molecule is COc1ccc(-c2nc(C[S@@](=O)CC(=O)NCc3ccc(F)cc3)c(C)o2)cc1OC. The van der Waals surface area contributed by atoms with Crippen LogP contribution < -0.4 is 14.8 Å². The van der Waals surface area contributed by atoms with E-state index in [0.29, 0.717) is 34.4 Å². The lowest BCUT2D eigenvalue weighted by Crippen LogP contribution is -2.28. The molecule has 3 aromatic rings. The van der Waals surface area contributed by atoms with E-state index in [1.807, 2.05) is 0 Å². The number of aromatic nitrogens is 1. The van der Waals surface area contributed by atoms with Crippen LogP contribution in [0, 0.1) is 12.7 Å². The standard InChI is InChI=1S/C22H23FN2O5S/c1-14-18(25-22(30-14)16-6-9-19(28-2)20(10-16)29-3)12-31(27)13-21(26)24-11-15-4-7-17(23)8-5-15/h4-10H,11-13H2,1-3H3,(H,24,26)/t31-/m1/s1. The van der Waals surface area contributed by atoms with Crippen molar-refractivity contribution in [3.05, 3.63) is 65.3 Å². The number of rotatable bonds is 9. The summed E-state index contributed by atoms with van der Waals surface area (Å²) in [6.45, 7) is 1.97. The van der Waals surface area contributed by atoms with E-state index in [4.69, 9.17) is 13.9 Å². The zero-order valence-electron chi connectivity index (χ0n) is 17.4. The summed E-state index contributed by atoms with van der Waals surface area (Å²) in [5.41, 5.74) is 1.97. The maximum Gasteiger partial charge on any atom is 0.232 e. The van der Waals surface area contributed by atoms with Crippen molar-refractivity contribution in [1.82, 2.24) is 10.3 Å². The molecular weight excluding hydrogens is 423 g/mol. The van der Waals surface area contributed by atoms with Gasteiger partial charge in [-0.1, -0.05) is 12.1 Å². The first-order chi connectivity index (χ1) is 14.9. The Morgan fingerprint density at radius 2 is 1.84 bits per heavy atom. The highest BCUT2D eigenvalue weighted by Gasteiger charge is 2.17. The average Bonchev–Trinajstić information content (AvgIpc) is 3.12. The number of hydrogen-bond donors (Lipinski definition) is 1. The molecule has 0 aliphatic carbocycles. The fraction of sp³-hybridized carbons (Fsp3) is 0.273. The fourth-order valence-corrected chi connectivity index (χ4v) is 3.93. The first-order valence-corrected chi connectivity index (χ1v) is 10.9. The van der Waals surface area contributed by atoms with Gasteiger partial charge in [0.2, 0.25) is 11.8 Å². The van der Waals surface area contributed by atoms with Gasteiger partial charge < -0.3 is 19.2 Å². The Morgan fingerprint density at radius 1 is 1.13 bits per heavy atom. The summed E-state index contributed by atoms with van der Waals surface area (Å²) in [5.74, 6) is 1.25. The molecule has 0 saturated carbocycles. The Labute approximate surface area is 182 Å². The molecule has 7 nitrogen and oxygen atoms in total. The van der Waals surface area contributed by atoms with Gasteiger partial charge in [0.05, 0.1) is 25.7 Å². The van der Waals surface area contributed by atoms with Gasteiger partial charge in [-0.3, -0.25) is 9.00 Å². The van der Waals surface area contributed by atoms with Crippen molar-refractivity contribution in [3.8, 4) is 23.0 Å². The van der Waals surface area contributed by atoms with Crippen molar-refractivity contribution in [2.45, 2.75) is 19.2 Å². The number of benzene rings is 2. The lowest BCUT2D eigenvalue weighted by atomic mass is 10.2. The van der Waals surface area contributed by atoms with Crippen LogP contribution in [-0.2, 0) is 27.9 Å². The lowest BCUT2D eigenvalue weighted by molar-refractivity contribution is -0.118. The van der Waals surface area contributed by atoms with E-state index in [-0.39, 0.29) is 29.8 Å². The van der Waals surface area contributed by atoms with Crippen LogP contribution in [0.5, 0.6) is 11.5 Å². The van der Waals surface area contributed by atoms with Gasteiger partial charge in [0, 0.05) is 22.9 Å². The van der Waals surface area contributed by atoms with Crippen molar-refractivity contribution >= 4 is 16.7 Å². The molecule has 1 aromatic heterocycles. The average molecular weight is 447 g/mol. The number of carbonyl (C=O) groups excluding carboxylic acids is 1. The third kappa shape index (κ3) is 5.91. The maximum absolute atomic E-state index is 12.9. The van der Waals surface area contributed by atoms with Crippen LogP contribution in [0.15, 0.2) is 46.9 Å². The highest BCUT2D eigenvalue weighted by atomic mass is 32.2. The summed E-state index contributed by atoms with van der Waals surface area (Å²) in [6, 6.07) is 11.1. The molecule has 0 aliphatic rings. The summed E-state index contributed by atoms with van der Waals surface area (Å²) >= 11 is 0. The van der Waals surface area contributed by atoms with E-state index < -0.39 is 10.8 Å². The number of nitrogens with one attached hydrogen (secondary N) is 1. The molecule has 9 heteroatoms. The first kappa shape index (κ1) is 22.5. The third-order valence-electron chi connectivity index (χ3n) is 4.52. The number of nitrogens with zero attached hydrogens (tertiary/aromatic N) is 1. The summed E-state index contributed by atoms with van der Waals surface area (Å²) in [6.07, 6.45) is 0. The molecule has 1 N–H and O–H groups in total. The van der Waals surface area contributed by atoms with Gasteiger partial charge >= 0.3 is 0 Å². The molecule has 0 bridgehead atoms. The van der Waals surface area contributed by atoms with Gasteiger partial charge in [0.15, 0.2) is 11.5 Å². The number of hydrogen-bond acceptors (Lipinski definition) is 6. The number of halogens is 1. The first-order valence-electron chi connectivity index (χ1n) is 9.44. The Morgan fingerprint density at radius 3 is 2.52 bits per heavy atom. The molecule has 0 radical (unpaired) electrons. The summed E-state index contributed by atoms with van der Waals surface area (Å²) in [5, 5.41) is 2.68. The van der Waals surface area contributed by atoms with Gasteiger partial charge in [0.1, 0.15) is 17.3 Å². The maximum atomic E-state index is 12.9. The molecule has 0 spiro atoms. The van der Waals surface area contributed by atoms with Crippen molar-refractivity contribution in [2.24, 2.45) is 0 Å². The Bertz CT molecular complexity index is 1080. The smallest absolute Gasteiger partial charge is 0.232 e. The molecule has 164 valence electrons. The number of oxazole rings is 1. The van der Waals surface area contributed by atoms with Crippen LogP contribution in [0.1, 0.15) is 17.0 Å². The van der Waals surface area contributed by atoms with E-state index in [9.17, 15) is 13.4 Å². The summed E-state index contributed by atoms with van der Waals surface area (Å²) in [7, 11) is 1.63. The van der Waals surface area contributed by atoms with Crippen LogP contribution >= 0.6 is 0 Å². The molecule has 0 unspecified atom stereocenters. The minimum atomic E-state index is -1.47. The van der Waals surface area contributed by atoms with Gasteiger partial charge in [-0.2, -0.15) is 0 Å². The minimum Gasteiger partial charge on any atom is -0.493 e. The Kier molecular flexibility index (Phi) is 7.41. The number of methoxy groups -OCH3 is 2. The largest absolute Gasteiger partial charge is 0.493 e. The Hall–Kier alpha value is -3.20. The second kappa shape index (κ2) is 10.2. The monoisotopic (exact) mass is 446 g/mol. The molecule has 1 heterocycles. The number of amides is 1. The molecule has 1 atom stereocenters. The van der Waals surface area contributed by atoms with Gasteiger partial charge in [-0.25, -0.2) is 9.37 Å². The van der Waals surface area contributed by atoms with E-state index in [1.54, 1.807) is 44.4 Å². The second-order valence-electron chi connectivity index (χ2n) is 6.72. The van der Waals surface area contributed by atoms with Crippen LogP contribution in [-0.4, -0.2) is 35.1 Å². The van der Waals surface area contributed by atoms with Crippen molar-refractivity contribution < 1.29 is 27.3 Å². The zero-order valence-corrected chi connectivity index (χ0v) is 18.3. The van der Waals surface area contributed by atoms with Gasteiger partial charge in [-0.15, -0.1) is 0 Å². The van der Waals surface area contributed by atoms with Crippen molar-refractivity contribution in [3.63, 3.8) is 0 Å². The molecule has 1 amide bonds. The predicted octanol–water partition coefficient (Wildman–Crippen LogP) is 3.37. The molecule has 0 aliphatic heterocycles. The van der Waals surface area contributed by atoms with Gasteiger partial charge in [-0.05, 0) is 42.8 Å². The van der Waals surface area contributed by atoms with Crippen LogP contribution in [0.2, 0.25) is 0 Å². The molecular formula is C22H23FN2O5S. The van der Waals surface area contributed by atoms with Crippen LogP contribution in [0.3, 0.4) is 0 Å². The van der Waals surface area contributed by atoms with E-state index in [2.05, 4.69) is 10.3 Å². The molecule has 31 heavy (non-hydrogen) atoms. The number of ether oxygens (including phenoxy) is 2. The van der Waals surface area contributed by atoms with E-state index in [1.165, 1.54) is 19.2 Å². The minimum absolute atomic E-state index is 0.0899. The summed E-state index contributed by atoms with van der Waals surface area (Å²) in [4.78, 5) is 16.5. The van der Waals surface area contributed by atoms with Gasteiger partial charge in [0.25, 0.3) is 0 Å². The number of carbonyl (C=O) groups is 1. The molecule has 3 rings (SSSR count). The van der Waals surface area contributed by atoms with Crippen molar-refractivity contribution in [1.29, 1.82) is 0 Å². The fourth-order valence-electron chi connectivity index (χ4n) is 2.86. The topological polar surface area (TPSA) is 90.7 Å². The molecule has 0 fully saturated rings. The van der Waals surface area contributed by atoms with Crippen molar-refractivity contribution in [2.75, 3.05) is 20.0 Å². The quantitative estimate of drug-likeness (QED) is 0.542. The molecule has 2 aromatic carbocycles. The number of aryl methyl sites for hydroxylation is 1. The zero-order chi connectivity index (χ0) is 22.4. The van der Waals surface area contributed by atoms with Crippen LogP contribution in [0.25, 0.3) is 11.5 Å². The second-order valence-corrected chi connectivity index (χ2v) is 8.18. The highest BCUT2D eigenvalue weighted by Crippen LogP contribution is 2.32. The van der Waals surface area contributed by atoms with E-state index >= 15 is 0 Å². The highest BCUT2D eigenvalue weighted by molar-refractivity contribution is 7.84. The third-order valence-corrected chi connectivity index (χ3v) is 5.70. The van der Waals surface area contributed by atoms with Crippen LogP contribution in [0.4, 0.5) is 4.39 Å². The van der Waals surface area contributed by atoms with E-state index in [0.717, 1.165) is 5.56 Å². The summed E-state index contributed by atoms with van der Waals surface area (Å²) < 4.78 is 41.6. The lowest BCUT2D eigenvalue weighted by Gasteiger charge is -2.07.